The van der Waals surface area contributed by atoms with Crippen LogP contribution >= 0.6 is 0 Å². The van der Waals surface area contributed by atoms with Crippen LogP contribution in [0.1, 0.15) is 29.8 Å². The van der Waals surface area contributed by atoms with Gasteiger partial charge in [0.05, 0.1) is 22.9 Å². The third-order valence-electron chi connectivity index (χ3n) is 3.76. The summed E-state index contributed by atoms with van der Waals surface area (Å²) < 4.78 is 11.5. The molecule has 3 aromatic rings. The Balaban J connectivity index is 2.25. The lowest BCUT2D eigenvalue weighted by Gasteiger charge is -2.11. The number of hydrogen-bond donors (Lipinski definition) is 1. The highest BCUT2D eigenvalue weighted by Crippen LogP contribution is 2.27. The van der Waals surface area contributed by atoms with Gasteiger partial charge in [-0.05, 0) is 48.7 Å². The van der Waals surface area contributed by atoms with Gasteiger partial charge in [-0.3, -0.25) is 4.79 Å². The summed E-state index contributed by atoms with van der Waals surface area (Å²) in [5.41, 5.74) is 1.46. The molecule has 0 spiro atoms. The molecule has 0 saturated carbocycles. The molecule has 1 heterocycles. The van der Waals surface area contributed by atoms with E-state index in [0.717, 1.165) is 5.56 Å². The molecule has 0 aliphatic carbocycles. The van der Waals surface area contributed by atoms with E-state index in [1.165, 1.54) is 18.2 Å². The monoisotopic (exact) mass is 326 g/mol. The van der Waals surface area contributed by atoms with Crippen LogP contribution in [-0.2, 0) is 0 Å². The topological polar surface area (TPSA) is 76.7 Å². The minimum absolute atomic E-state index is 0.0538. The van der Waals surface area contributed by atoms with E-state index in [1.54, 1.807) is 6.07 Å². The van der Waals surface area contributed by atoms with Crippen molar-refractivity contribution in [1.82, 2.24) is 0 Å². The van der Waals surface area contributed by atoms with Gasteiger partial charge in [0.15, 0.2) is 0 Å². The molecule has 0 aliphatic heterocycles. The van der Waals surface area contributed by atoms with E-state index in [0.29, 0.717) is 34.8 Å². The van der Waals surface area contributed by atoms with Crippen LogP contribution in [0, 0.1) is 12.8 Å². The first-order chi connectivity index (χ1) is 11.4. The Labute approximate surface area is 138 Å². The summed E-state index contributed by atoms with van der Waals surface area (Å²) in [6.07, 6.45) is 0. The Hall–Kier alpha value is -2.82. The SMILES string of the molecule is Cc1cc(OCC(C)C)cc2c(=O)c3cc(C(=O)O)ccc3oc12. The van der Waals surface area contributed by atoms with Gasteiger partial charge >= 0.3 is 5.97 Å². The highest BCUT2D eigenvalue weighted by atomic mass is 16.5. The summed E-state index contributed by atoms with van der Waals surface area (Å²) in [5.74, 6) is -0.108. The molecular formula is C19H18O5. The van der Waals surface area contributed by atoms with E-state index in [-0.39, 0.29) is 16.4 Å². The van der Waals surface area contributed by atoms with Crippen LogP contribution in [0.5, 0.6) is 5.75 Å². The minimum Gasteiger partial charge on any atom is -0.493 e. The van der Waals surface area contributed by atoms with Crippen LogP contribution in [0.4, 0.5) is 0 Å². The molecule has 5 nitrogen and oxygen atoms in total. The summed E-state index contributed by atoms with van der Waals surface area (Å²) in [6.45, 7) is 6.49. The molecule has 0 aliphatic rings. The number of carboxylic acid groups (broad SMARTS) is 1. The predicted octanol–water partition coefficient (Wildman–Crippen LogP) is 3.99. The maximum absolute atomic E-state index is 12.8. The van der Waals surface area contributed by atoms with Crippen LogP contribution in [0.2, 0.25) is 0 Å². The zero-order valence-corrected chi connectivity index (χ0v) is 13.8. The summed E-state index contributed by atoms with van der Waals surface area (Å²) in [4.78, 5) is 23.9. The van der Waals surface area contributed by atoms with Crippen LogP contribution < -0.4 is 10.2 Å². The van der Waals surface area contributed by atoms with Crippen molar-refractivity contribution < 1.29 is 19.1 Å². The molecule has 2 aromatic carbocycles. The quantitative estimate of drug-likeness (QED) is 0.734. The average Bonchev–Trinajstić information content (AvgIpc) is 2.53. The predicted molar refractivity (Wildman–Crippen MR) is 92.0 cm³/mol. The van der Waals surface area contributed by atoms with Crippen molar-refractivity contribution in [1.29, 1.82) is 0 Å². The first-order valence-electron chi connectivity index (χ1n) is 7.74. The van der Waals surface area contributed by atoms with Crippen molar-refractivity contribution in [3.05, 3.63) is 51.7 Å². The Morgan fingerprint density at radius 2 is 1.96 bits per heavy atom. The van der Waals surface area contributed by atoms with Crippen LogP contribution in [-0.4, -0.2) is 17.7 Å². The maximum Gasteiger partial charge on any atom is 0.335 e. The smallest absolute Gasteiger partial charge is 0.335 e. The first-order valence-corrected chi connectivity index (χ1v) is 7.74. The lowest BCUT2D eigenvalue weighted by molar-refractivity contribution is 0.0697. The third kappa shape index (κ3) is 2.85. The largest absolute Gasteiger partial charge is 0.493 e. The molecule has 3 rings (SSSR count). The van der Waals surface area contributed by atoms with Gasteiger partial charge in [-0.2, -0.15) is 0 Å². The molecule has 5 heteroatoms. The lowest BCUT2D eigenvalue weighted by atomic mass is 10.1. The van der Waals surface area contributed by atoms with Gasteiger partial charge in [-0.15, -0.1) is 0 Å². The molecule has 0 amide bonds. The molecule has 0 unspecified atom stereocenters. The number of aromatic carboxylic acids is 1. The first kappa shape index (κ1) is 16.1. The number of rotatable bonds is 4. The highest BCUT2D eigenvalue weighted by molar-refractivity contribution is 5.96. The second-order valence-electron chi connectivity index (χ2n) is 6.27. The van der Waals surface area contributed by atoms with E-state index in [2.05, 4.69) is 0 Å². The average molecular weight is 326 g/mol. The number of fused-ring (bicyclic) bond motifs is 2. The fourth-order valence-electron chi connectivity index (χ4n) is 2.58. The van der Waals surface area contributed by atoms with Gasteiger partial charge in [0.2, 0.25) is 5.43 Å². The van der Waals surface area contributed by atoms with Gasteiger partial charge < -0.3 is 14.3 Å². The van der Waals surface area contributed by atoms with Crippen molar-refractivity contribution in [2.75, 3.05) is 6.61 Å². The number of benzene rings is 2. The number of hydrogen-bond acceptors (Lipinski definition) is 4. The van der Waals surface area contributed by atoms with Gasteiger partial charge in [0, 0.05) is 0 Å². The van der Waals surface area contributed by atoms with Crippen molar-refractivity contribution >= 4 is 27.9 Å². The summed E-state index contributed by atoms with van der Waals surface area (Å²) in [5, 5.41) is 9.75. The normalized spacial score (nSPS) is 11.3. The number of carboxylic acids is 1. The molecule has 24 heavy (non-hydrogen) atoms. The van der Waals surface area contributed by atoms with Gasteiger partial charge in [-0.25, -0.2) is 4.79 Å². The molecule has 0 radical (unpaired) electrons. The standard InChI is InChI=1S/C19H18O5/c1-10(2)9-23-13-6-11(3)18-15(8-13)17(20)14-7-12(19(21)22)4-5-16(14)24-18/h4-8,10H,9H2,1-3H3,(H,21,22). The molecule has 124 valence electrons. The van der Waals surface area contributed by atoms with Gasteiger partial charge in [0.25, 0.3) is 0 Å². The summed E-state index contributed by atoms with van der Waals surface area (Å²) in [7, 11) is 0. The van der Waals surface area contributed by atoms with Crippen molar-refractivity contribution in [2.24, 2.45) is 5.92 Å². The molecule has 1 aromatic heterocycles. The van der Waals surface area contributed by atoms with E-state index >= 15 is 0 Å². The van der Waals surface area contributed by atoms with E-state index < -0.39 is 5.97 Å². The number of ether oxygens (including phenoxy) is 1. The van der Waals surface area contributed by atoms with Crippen molar-refractivity contribution in [2.45, 2.75) is 20.8 Å². The summed E-state index contributed by atoms with van der Waals surface area (Å²) >= 11 is 0. The molecule has 0 atom stereocenters. The van der Waals surface area contributed by atoms with E-state index in [1.807, 2.05) is 26.8 Å². The van der Waals surface area contributed by atoms with Gasteiger partial charge in [0.1, 0.15) is 16.9 Å². The van der Waals surface area contributed by atoms with E-state index in [4.69, 9.17) is 14.3 Å². The van der Waals surface area contributed by atoms with E-state index in [9.17, 15) is 9.59 Å². The maximum atomic E-state index is 12.8. The van der Waals surface area contributed by atoms with Crippen LogP contribution in [0.25, 0.3) is 21.9 Å². The Morgan fingerprint density at radius 3 is 2.62 bits per heavy atom. The van der Waals surface area contributed by atoms with Crippen molar-refractivity contribution in [3.8, 4) is 5.75 Å². The Kier molecular flexibility index (Phi) is 4.01. The van der Waals surface area contributed by atoms with Crippen LogP contribution in [0.15, 0.2) is 39.5 Å². The third-order valence-corrected chi connectivity index (χ3v) is 3.76. The molecule has 0 saturated heterocycles. The second-order valence-corrected chi connectivity index (χ2v) is 6.27. The summed E-state index contributed by atoms with van der Waals surface area (Å²) in [6, 6.07) is 7.78. The fourth-order valence-corrected chi connectivity index (χ4v) is 2.58. The molecule has 0 bridgehead atoms. The highest BCUT2D eigenvalue weighted by Gasteiger charge is 2.14. The Bertz CT molecular complexity index is 998. The fraction of sp³-hybridized carbons (Fsp3) is 0.263. The zero-order chi connectivity index (χ0) is 17.4. The number of aryl methyl sites for hydroxylation is 1. The lowest BCUT2D eigenvalue weighted by Crippen LogP contribution is -2.07. The number of carbonyl (C=O) groups is 1. The molecular weight excluding hydrogens is 308 g/mol. The Morgan fingerprint density at radius 1 is 1.21 bits per heavy atom. The molecule has 1 N–H and O–H groups in total. The molecule has 0 fully saturated rings. The van der Waals surface area contributed by atoms with Crippen LogP contribution in [0.3, 0.4) is 0 Å². The van der Waals surface area contributed by atoms with Crippen molar-refractivity contribution in [3.63, 3.8) is 0 Å². The zero-order valence-electron chi connectivity index (χ0n) is 13.8. The second kappa shape index (κ2) is 6.00. The van der Waals surface area contributed by atoms with Gasteiger partial charge in [-0.1, -0.05) is 13.8 Å². The minimum atomic E-state index is -1.08.